The number of halogens is 4. The van der Waals surface area contributed by atoms with E-state index in [0.29, 0.717) is 22.7 Å². The van der Waals surface area contributed by atoms with Crippen LogP contribution in [0.5, 0.6) is 5.75 Å². The van der Waals surface area contributed by atoms with Crippen LogP contribution < -0.4 is 15.4 Å². The van der Waals surface area contributed by atoms with E-state index in [0.717, 1.165) is 10.5 Å². The number of benzene rings is 2. The van der Waals surface area contributed by atoms with Crippen LogP contribution in [-0.2, 0) is 26.6 Å². The SMILES string of the molecule is COc1cc2c(cc1Nc1ncc(Cl)c(Nc3ccccc3S(=O)(=O)C(C)C)n1)C(C)(C)CN(C(=O)C(F)(F)F)C2. The van der Waals surface area contributed by atoms with Gasteiger partial charge in [-0.3, -0.25) is 4.79 Å². The maximum absolute atomic E-state index is 13.1. The van der Waals surface area contributed by atoms with Crippen molar-refractivity contribution in [3.8, 4) is 5.75 Å². The van der Waals surface area contributed by atoms with Gasteiger partial charge in [-0.2, -0.15) is 18.2 Å². The van der Waals surface area contributed by atoms with Gasteiger partial charge in [-0.1, -0.05) is 37.6 Å². The molecule has 0 saturated heterocycles. The molecule has 220 valence electrons. The van der Waals surface area contributed by atoms with Crippen LogP contribution in [0.4, 0.5) is 36.3 Å². The number of ether oxygens (including phenoxy) is 1. The first kappa shape index (κ1) is 30.4. The molecular formula is C27H29ClF3N5O4S. The average Bonchev–Trinajstić information content (AvgIpc) is 2.89. The molecule has 14 heteroatoms. The quantitative estimate of drug-likeness (QED) is 0.335. The Morgan fingerprint density at radius 3 is 2.46 bits per heavy atom. The number of carbonyl (C=O) groups excluding carboxylic acids is 1. The largest absolute Gasteiger partial charge is 0.495 e. The topological polar surface area (TPSA) is 114 Å². The van der Waals surface area contributed by atoms with Crippen molar-refractivity contribution in [2.45, 2.75) is 56.0 Å². The van der Waals surface area contributed by atoms with E-state index < -0.39 is 32.6 Å². The molecule has 3 aromatic rings. The molecule has 0 spiro atoms. The minimum Gasteiger partial charge on any atom is -0.495 e. The van der Waals surface area contributed by atoms with Crippen molar-refractivity contribution in [2.75, 3.05) is 24.3 Å². The summed E-state index contributed by atoms with van der Waals surface area (Å²) in [7, 11) is -2.21. The summed E-state index contributed by atoms with van der Waals surface area (Å²) in [5.41, 5.74) is 1.16. The van der Waals surface area contributed by atoms with Crippen molar-refractivity contribution >= 4 is 50.5 Å². The van der Waals surface area contributed by atoms with Crippen LogP contribution in [0, 0.1) is 0 Å². The van der Waals surface area contributed by atoms with Crippen LogP contribution in [0.3, 0.4) is 0 Å². The first-order valence-electron chi connectivity index (χ1n) is 12.5. The molecule has 1 amide bonds. The number of nitrogens with one attached hydrogen (secondary N) is 2. The Kier molecular flexibility index (Phi) is 8.16. The summed E-state index contributed by atoms with van der Waals surface area (Å²) in [5, 5.41) is 5.53. The number of carbonyl (C=O) groups is 1. The second-order valence-corrected chi connectivity index (χ2v) is 13.4. The Balaban J connectivity index is 1.68. The molecule has 1 aliphatic rings. The predicted octanol–water partition coefficient (Wildman–Crippen LogP) is 5.99. The summed E-state index contributed by atoms with van der Waals surface area (Å²) in [6.07, 6.45) is -3.63. The van der Waals surface area contributed by atoms with Crippen LogP contribution in [0.1, 0.15) is 38.8 Å². The van der Waals surface area contributed by atoms with Gasteiger partial charge in [0.2, 0.25) is 5.95 Å². The molecule has 0 atom stereocenters. The Labute approximate surface area is 241 Å². The molecular weight excluding hydrogens is 583 g/mol. The fraction of sp³-hybridized carbons (Fsp3) is 0.370. The highest BCUT2D eigenvalue weighted by Crippen LogP contribution is 2.41. The maximum Gasteiger partial charge on any atom is 0.471 e. The van der Waals surface area contributed by atoms with Crippen molar-refractivity contribution in [3.05, 3.63) is 58.7 Å². The summed E-state index contributed by atoms with van der Waals surface area (Å²) < 4.78 is 70.7. The van der Waals surface area contributed by atoms with Gasteiger partial charge < -0.3 is 20.3 Å². The van der Waals surface area contributed by atoms with Crippen LogP contribution in [0.2, 0.25) is 5.02 Å². The highest BCUT2D eigenvalue weighted by atomic mass is 35.5. The monoisotopic (exact) mass is 611 g/mol. The summed E-state index contributed by atoms with van der Waals surface area (Å²) >= 11 is 6.34. The fourth-order valence-electron chi connectivity index (χ4n) is 4.63. The molecule has 0 saturated carbocycles. The van der Waals surface area contributed by atoms with Gasteiger partial charge in [0.05, 0.1) is 34.8 Å². The van der Waals surface area contributed by atoms with Gasteiger partial charge in [0.25, 0.3) is 0 Å². The lowest BCUT2D eigenvalue weighted by atomic mass is 9.78. The summed E-state index contributed by atoms with van der Waals surface area (Å²) in [6.45, 7) is 6.32. The third-order valence-electron chi connectivity index (χ3n) is 6.69. The highest BCUT2D eigenvalue weighted by molar-refractivity contribution is 7.92. The van der Waals surface area contributed by atoms with E-state index in [1.165, 1.54) is 19.4 Å². The van der Waals surface area contributed by atoms with Crippen LogP contribution >= 0.6 is 11.6 Å². The summed E-state index contributed by atoms with van der Waals surface area (Å²) in [6, 6.07) is 9.71. The van der Waals surface area contributed by atoms with Crippen LogP contribution in [-0.4, -0.2) is 54.3 Å². The number of anilines is 4. The number of para-hydroxylation sites is 1. The second kappa shape index (κ2) is 11.0. The molecule has 2 heterocycles. The number of methoxy groups -OCH3 is 1. The molecule has 2 aromatic carbocycles. The van der Waals surface area contributed by atoms with Gasteiger partial charge >= 0.3 is 12.1 Å². The Morgan fingerprint density at radius 2 is 1.83 bits per heavy atom. The Morgan fingerprint density at radius 1 is 1.15 bits per heavy atom. The van der Waals surface area contributed by atoms with Gasteiger partial charge in [-0.05, 0) is 49.2 Å². The van der Waals surface area contributed by atoms with Gasteiger partial charge in [0.1, 0.15) is 10.8 Å². The number of hydrogen-bond donors (Lipinski definition) is 2. The molecule has 1 aliphatic heterocycles. The number of sulfone groups is 1. The zero-order chi connectivity index (χ0) is 30.3. The first-order chi connectivity index (χ1) is 19.0. The van der Waals surface area contributed by atoms with Crippen LogP contribution in [0.15, 0.2) is 47.5 Å². The molecule has 0 unspecified atom stereocenters. The van der Waals surface area contributed by atoms with E-state index >= 15 is 0 Å². The first-order valence-corrected chi connectivity index (χ1v) is 14.4. The molecule has 1 aromatic heterocycles. The third kappa shape index (κ3) is 6.20. The number of fused-ring (bicyclic) bond motifs is 1. The lowest BCUT2D eigenvalue weighted by Crippen LogP contribution is -2.49. The van der Waals surface area contributed by atoms with E-state index in [-0.39, 0.29) is 34.8 Å². The molecule has 0 bridgehead atoms. The molecule has 9 nitrogen and oxygen atoms in total. The minimum absolute atomic E-state index is 0.0934. The number of rotatable bonds is 7. The van der Waals surface area contributed by atoms with Crippen molar-refractivity contribution in [2.24, 2.45) is 0 Å². The summed E-state index contributed by atoms with van der Waals surface area (Å²) in [5.74, 6) is -1.35. The Bertz CT molecular complexity index is 1600. The average molecular weight is 612 g/mol. The number of nitrogens with zero attached hydrogens (tertiary/aromatic N) is 3. The molecule has 41 heavy (non-hydrogen) atoms. The molecule has 0 radical (unpaired) electrons. The van der Waals surface area contributed by atoms with Crippen molar-refractivity contribution in [1.82, 2.24) is 14.9 Å². The molecule has 0 fully saturated rings. The lowest BCUT2D eigenvalue weighted by Gasteiger charge is -2.40. The van der Waals surface area contributed by atoms with E-state index in [2.05, 4.69) is 20.6 Å². The molecule has 0 aliphatic carbocycles. The van der Waals surface area contributed by atoms with Gasteiger partial charge in [-0.25, -0.2) is 13.4 Å². The fourth-order valence-corrected chi connectivity index (χ4v) is 5.97. The number of hydrogen-bond acceptors (Lipinski definition) is 8. The van der Waals surface area contributed by atoms with Gasteiger partial charge in [-0.15, -0.1) is 0 Å². The van der Waals surface area contributed by atoms with Gasteiger partial charge in [0, 0.05) is 18.5 Å². The third-order valence-corrected chi connectivity index (χ3v) is 9.18. The van der Waals surface area contributed by atoms with Crippen molar-refractivity contribution in [1.29, 1.82) is 0 Å². The second-order valence-electron chi connectivity index (χ2n) is 10.5. The van der Waals surface area contributed by atoms with Crippen LogP contribution in [0.25, 0.3) is 0 Å². The zero-order valence-electron chi connectivity index (χ0n) is 22.9. The van der Waals surface area contributed by atoms with E-state index in [1.807, 2.05) is 0 Å². The smallest absolute Gasteiger partial charge is 0.471 e. The zero-order valence-corrected chi connectivity index (χ0v) is 24.5. The summed E-state index contributed by atoms with van der Waals surface area (Å²) in [4.78, 5) is 21.5. The standard InChI is InChI=1S/C27H29ClF3N5O4S/c1-15(2)41(38,39)22-9-7-6-8-19(22)33-23-18(28)12-32-25(35-23)34-20-11-17-16(10-21(20)40-5)13-36(14-26(17,3)4)24(37)27(29,30)31/h6-12,15H,13-14H2,1-5H3,(H2,32,33,34,35). The number of alkyl halides is 3. The molecule has 2 N–H and O–H groups in total. The Hall–Kier alpha value is -3.58. The van der Waals surface area contributed by atoms with Gasteiger partial charge in [0.15, 0.2) is 15.7 Å². The van der Waals surface area contributed by atoms with E-state index in [1.54, 1.807) is 58.0 Å². The minimum atomic E-state index is -4.98. The van der Waals surface area contributed by atoms with E-state index in [9.17, 15) is 26.4 Å². The van der Waals surface area contributed by atoms with E-state index in [4.69, 9.17) is 16.3 Å². The predicted molar refractivity (Wildman–Crippen MR) is 150 cm³/mol. The van der Waals surface area contributed by atoms with Crippen molar-refractivity contribution < 1.29 is 31.1 Å². The molecule has 4 rings (SSSR count). The number of amides is 1. The van der Waals surface area contributed by atoms with Crippen molar-refractivity contribution in [3.63, 3.8) is 0 Å². The normalized spacial score (nSPS) is 14.9. The maximum atomic E-state index is 13.1. The highest BCUT2D eigenvalue weighted by Gasteiger charge is 2.46. The number of aromatic nitrogens is 2. The lowest BCUT2D eigenvalue weighted by molar-refractivity contribution is -0.187.